The van der Waals surface area contributed by atoms with Gasteiger partial charge < -0.3 is 30.3 Å². The Morgan fingerprint density at radius 2 is 1.51 bits per heavy atom. The molecule has 2 aromatic carbocycles. The minimum absolute atomic E-state index is 0.0255. The van der Waals surface area contributed by atoms with Crippen molar-refractivity contribution in [2.75, 3.05) is 40.3 Å². The predicted molar refractivity (Wildman–Crippen MR) is 202 cm³/mol. The third-order valence-corrected chi connectivity index (χ3v) is 9.80. The van der Waals surface area contributed by atoms with Crippen LogP contribution in [0, 0.1) is 42.4 Å². The number of carbonyl (C=O) groups is 3. The average molecular weight is 699 g/mol. The lowest BCUT2D eigenvalue weighted by atomic mass is 9.87. The average Bonchev–Trinajstić information content (AvgIpc) is 3.13. The Bertz CT molecular complexity index is 1420. The van der Waals surface area contributed by atoms with Crippen molar-refractivity contribution in [2.45, 2.75) is 89.6 Å². The summed E-state index contributed by atoms with van der Waals surface area (Å²) < 4.78 is 6.26. The molecule has 9 nitrogen and oxygen atoms in total. The van der Waals surface area contributed by atoms with E-state index < -0.39 is 24.0 Å². The second-order valence-corrected chi connectivity index (χ2v) is 14.0. The fourth-order valence-corrected chi connectivity index (χ4v) is 6.47. The molecular weight excluding hydrogens is 640 g/mol. The molecule has 0 heterocycles. The van der Waals surface area contributed by atoms with Crippen LogP contribution in [0.25, 0.3) is 0 Å². The molecule has 1 fully saturated rings. The van der Waals surface area contributed by atoms with Gasteiger partial charge in [-0.1, -0.05) is 80.4 Å². The summed E-state index contributed by atoms with van der Waals surface area (Å²) in [6, 6.07) is 19.8. The molecule has 0 aromatic heterocycles. The third-order valence-electron chi connectivity index (χ3n) is 9.80. The first-order valence-electron chi connectivity index (χ1n) is 18.4. The first kappa shape index (κ1) is 41.3. The molecule has 0 bridgehead atoms. The van der Waals surface area contributed by atoms with E-state index in [0.717, 1.165) is 31.4 Å². The third kappa shape index (κ3) is 14.9. The highest BCUT2D eigenvalue weighted by molar-refractivity contribution is 5.86. The molecule has 6 atom stereocenters. The predicted octanol–water partition coefficient (Wildman–Crippen LogP) is 4.44. The summed E-state index contributed by atoms with van der Waals surface area (Å²) in [6.45, 7) is 4.14. The van der Waals surface area contributed by atoms with Gasteiger partial charge in [0.25, 0.3) is 0 Å². The lowest BCUT2D eigenvalue weighted by Crippen LogP contribution is -2.46. The maximum atomic E-state index is 13.7. The molecule has 0 radical (unpaired) electrons. The zero-order valence-corrected chi connectivity index (χ0v) is 30.8. The van der Waals surface area contributed by atoms with Gasteiger partial charge in [0.2, 0.25) is 17.7 Å². The van der Waals surface area contributed by atoms with Crippen LogP contribution in [-0.4, -0.2) is 91.2 Å². The number of likely N-dealkylation sites (N-methyl/N-ethyl adjacent to an activating group) is 2. The Balaban J connectivity index is 1.58. The topological polar surface area (TPSA) is 111 Å². The number of carbonyl (C=O) groups excluding carboxylic acids is 3. The highest BCUT2D eigenvalue weighted by Crippen LogP contribution is 2.28. The highest BCUT2D eigenvalue weighted by atomic mass is 16.5. The van der Waals surface area contributed by atoms with E-state index in [1.54, 1.807) is 11.9 Å². The van der Waals surface area contributed by atoms with Gasteiger partial charge in [0.15, 0.2) is 0 Å². The maximum absolute atomic E-state index is 13.7. The van der Waals surface area contributed by atoms with Crippen LogP contribution in [0.5, 0.6) is 0 Å². The molecule has 1 aliphatic rings. The molecule has 1 aliphatic carbocycles. The first-order valence-corrected chi connectivity index (χ1v) is 18.4. The number of terminal acetylenes is 2. The van der Waals surface area contributed by atoms with Crippen molar-refractivity contribution < 1.29 is 24.2 Å². The summed E-state index contributed by atoms with van der Waals surface area (Å²) in [4.78, 5) is 44.3. The lowest BCUT2D eigenvalue weighted by molar-refractivity contribution is -0.136. The lowest BCUT2D eigenvalue weighted by Gasteiger charge is -2.33. The van der Waals surface area contributed by atoms with Crippen LogP contribution in [0.2, 0.25) is 0 Å². The molecule has 2 aromatic rings. The van der Waals surface area contributed by atoms with Crippen LogP contribution < -0.4 is 10.6 Å². The maximum Gasteiger partial charge on any atom is 0.225 e. The van der Waals surface area contributed by atoms with Gasteiger partial charge in [-0.15, -0.1) is 24.7 Å². The monoisotopic (exact) mass is 698 g/mol. The molecule has 3 rings (SSSR count). The Labute approximate surface area is 305 Å². The van der Waals surface area contributed by atoms with E-state index in [0.29, 0.717) is 38.3 Å². The molecule has 9 heteroatoms. The van der Waals surface area contributed by atoms with Crippen LogP contribution in [0.4, 0.5) is 0 Å². The number of amides is 3. The van der Waals surface area contributed by atoms with Gasteiger partial charge in [-0.25, -0.2) is 0 Å². The molecule has 3 amide bonds. The minimum Gasteiger partial charge on any atom is -0.389 e. The summed E-state index contributed by atoms with van der Waals surface area (Å²) in [6.07, 6.45) is 15.2. The van der Waals surface area contributed by atoms with Crippen molar-refractivity contribution >= 4 is 17.7 Å². The van der Waals surface area contributed by atoms with Crippen LogP contribution >= 0.6 is 0 Å². The van der Waals surface area contributed by atoms with Crippen LogP contribution in [-0.2, 0) is 32.1 Å². The summed E-state index contributed by atoms with van der Waals surface area (Å²) >= 11 is 0. The summed E-state index contributed by atoms with van der Waals surface area (Å²) in [5.74, 6) is 3.54. The normalized spacial score (nSPS) is 18.0. The van der Waals surface area contributed by atoms with Crippen molar-refractivity contribution in [2.24, 2.45) is 17.8 Å². The number of aliphatic hydroxyl groups is 1. The Kier molecular flexibility index (Phi) is 18.3. The molecule has 0 spiro atoms. The summed E-state index contributed by atoms with van der Waals surface area (Å²) in [5, 5.41) is 16.8. The second-order valence-electron chi connectivity index (χ2n) is 14.0. The van der Waals surface area contributed by atoms with Crippen molar-refractivity contribution in [1.29, 1.82) is 0 Å². The van der Waals surface area contributed by atoms with Crippen molar-refractivity contribution in [3.05, 3.63) is 71.8 Å². The first-order chi connectivity index (χ1) is 24.6. The number of nitrogens with zero attached hydrogens (tertiary/aromatic N) is 2. The molecule has 276 valence electrons. The van der Waals surface area contributed by atoms with E-state index in [1.165, 1.54) is 12.0 Å². The molecule has 3 N–H and O–H groups in total. The smallest absolute Gasteiger partial charge is 0.225 e. The highest BCUT2D eigenvalue weighted by Gasteiger charge is 2.30. The summed E-state index contributed by atoms with van der Waals surface area (Å²) in [5.41, 5.74) is 2.14. The van der Waals surface area contributed by atoms with Gasteiger partial charge in [-0.3, -0.25) is 14.4 Å². The Hall–Kier alpha value is -4.15. The number of rotatable bonds is 21. The van der Waals surface area contributed by atoms with E-state index in [2.05, 4.69) is 46.4 Å². The van der Waals surface area contributed by atoms with Crippen LogP contribution in [0.3, 0.4) is 0 Å². The van der Waals surface area contributed by atoms with E-state index in [-0.39, 0.29) is 49.8 Å². The standard InChI is InChI=1S/C42H58N4O5/c1-6-8-23-35(41(49)44-30-37(47)39(17-7-2)51-38-24-16-15-18-32(38)3)29-43-42(50)36(27-33-19-11-9-12-20-33)28-40(48)46(5)26-25-45(4)31-34-21-13-10-14-22-34/h1-2,9-14,19-22,32,35-39,47H,8,15-18,23-31H2,3-5H3,(H,43,50)(H,44,49)/t32?,35-,36-,37-,38?,39+/m1/s1. The van der Waals surface area contributed by atoms with Gasteiger partial charge in [0, 0.05) is 59.0 Å². The van der Waals surface area contributed by atoms with Crippen molar-refractivity contribution in [3.63, 3.8) is 0 Å². The number of nitrogens with one attached hydrogen (secondary N) is 2. The van der Waals surface area contributed by atoms with Crippen molar-refractivity contribution in [3.8, 4) is 24.7 Å². The fourth-order valence-electron chi connectivity index (χ4n) is 6.47. The molecule has 2 unspecified atom stereocenters. The molecule has 51 heavy (non-hydrogen) atoms. The van der Waals surface area contributed by atoms with E-state index in [9.17, 15) is 19.5 Å². The SMILES string of the molecule is C#CCC[C@H](CNC(=O)[C@@H](CC(=O)N(C)CCN(C)Cc1ccccc1)Cc1ccccc1)C(=O)NC[C@@H](O)[C@H](CC#C)OC1CCCCC1C. The quantitative estimate of drug-likeness (QED) is 0.167. The number of aliphatic hydroxyl groups excluding tert-OH is 1. The largest absolute Gasteiger partial charge is 0.389 e. The zero-order valence-electron chi connectivity index (χ0n) is 30.8. The van der Waals surface area contributed by atoms with Gasteiger partial charge in [-0.2, -0.15) is 0 Å². The number of hydrogen-bond donors (Lipinski definition) is 3. The van der Waals surface area contributed by atoms with Gasteiger partial charge in [0.1, 0.15) is 0 Å². The Morgan fingerprint density at radius 3 is 2.16 bits per heavy atom. The van der Waals surface area contributed by atoms with E-state index in [1.807, 2.05) is 55.6 Å². The number of benzene rings is 2. The van der Waals surface area contributed by atoms with E-state index >= 15 is 0 Å². The Morgan fingerprint density at radius 1 is 0.882 bits per heavy atom. The minimum atomic E-state index is -0.988. The zero-order chi connectivity index (χ0) is 37.0. The second kappa shape index (κ2) is 22.6. The fraction of sp³-hybridized carbons (Fsp3) is 0.548. The van der Waals surface area contributed by atoms with Crippen LogP contribution in [0.1, 0.15) is 69.4 Å². The van der Waals surface area contributed by atoms with Gasteiger partial charge in [-0.05, 0) is 49.8 Å². The van der Waals surface area contributed by atoms with E-state index in [4.69, 9.17) is 17.6 Å². The molecule has 1 saturated carbocycles. The van der Waals surface area contributed by atoms with Crippen LogP contribution in [0.15, 0.2) is 60.7 Å². The van der Waals surface area contributed by atoms with Gasteiger partial charge >= 0.3 is 0 Å². The molecule has 0 saturated heterocycles. The molecule has 0 aliphatic heterocycles. The number of hydrogen-bond acceptors (Lipinski definition) is 6. The van der Waals surface area contributed by atoms with Crippen molar-refractivity contribution in [1.82, 2.24) is 20.4 Å². The summed E-state index contributed by atoms with van der Waals surface area (Å²) in [7, 11) is 3.78. The van der Waals surface area contributed by atoms with Gasteiger partial charge in [0.05, 0.1) is 30.1 Å². The molecular formula is C42H58N4O5. The number of ether oxygens (including phenoxy) is 1.